The maximum absolute atomic E-state index is 5.13. The summed E-state index contributed by atoms with van der Waals surface area (Å²) in [5, 5.41) is 3.44. The van der Waals surface area contributed by atoms with Gasteiger partial charge in [0.15, 0.2) is 0 Å². The van der Waals surface area contributed by atoms with Crippen molar-refractivity contribution in [2.45, 2.75) is 20.0 Å². The molecule has 0 spiro atoms. The van der Waals surface area contributed by atoms with E-state index in [1.807, 2.05) is 23.5 Å². The molecule has 0 fully saturated rings. The van der Waals surface area contributed by atoms with Gasteiger partial charge in [0.05, 0.1) is 7.11 Å². The number of ether oxygens (including phenoxy) is 1. The number of hydrogen-bond donors (Lipinski definition) is 1. The maximum atomic E-state index is 5.13. The topological polar surface area (TPSA) is 21.3 Å². The second-order valence-electron chi connectivity index (χ2n) is 3.96. The fraction of sp³-hybridized carbons (Fsp3) is 0.286. The number of aryl methyl sites for hydroxylation is 1. The van der Waals surface area contributed by atoms with Crippen LogP contribution in [0.4, 0.5) is 0 Å². The third-order valence-electron chi connectivity index (χ3n) is 2.58. The van der Waals surface area contributed by atoms with E-state index < -0.39 is 0 Å². The van der Waals surface area contributed by atoms with Crippen LogP contribution < -0.4 is 22.5 Å². The summed E-state index contributed by atoms with van der Waals surface area (Å²) in [4.78, 5) is 2.75. The second kappa shape index (κ2) is 7.41. The van der Waals surface area contributed by atoms with Crippen LogP contribution in [0.1, 0.15) is 15.3 Å². The third kappa shape index (κ3) is 4.33. The molecule has 2 aromatic rings. The maximum Gasteiger partial charge on any atom is 0.118 e. The number of rotatable bonds is 5. The van der Waals surface area contributed by atoms with Gasteiger partial charge in [-0.05, 0) is 36.8 Å². The van der Waals surface area contributed by atoms with Crippen LogP contribution in [0.2, 0.25) is 0 Å². The first-order valence-corrected chi connectivity index (χ1v) is 6.48. The summed E-state index contributed by atoms with van der Waals surface area (Å²) in [6.45, 7) is 3.96. The number of thiophene rings is 1. The molecule has 0 unspecified atom stereocenters. The smallest absolute Gasteiger partial charge is 0.118 e. The standard InChI is InChI=1S/C14H17NOS.ClH/c1-11-3-8-14(17-11)10-15-9-12-4-6-13(16-2)7-5-12;/h3-8,15H,9-10H2,1-2H3;1H/p-1. The van der Waals surface area contributed by atoms with Gasteiger partial charge in [0.1, 0.15) is 5.75 Å². The van der Waals surface area contributed by atoms with E-state index in [0.717, 1.165) is 18.8 Å². The van der Waals surface area contributed by atoms with Gasteiger partial charge in [0.25, 0.3) is 0 Å². The Morgan fingerprint density at radius 2 is 1.78 bits per heavy atom. The van der Waals surface area contributed by atoms with Crippen LogP contribution in [-0.2, 0) is 13.1 Å². The quantitative estimate of drug-likeness (QED) is 0.855. The zero-order chi connectivity index (χ0) is 12.1. The minimum Gasteiger partial charge on any atom is -1.00 e. The lowest BCUT2D eigenvalue weighted by Gasteiger charge is -2.04. The van der Waals surface area contributed by atoms with Gasteiger partial charge in [-0.15, -0.1) is 11.3 Å². The number of benzene rings is 1. The first-order chi connectivity index (χ1) is 8.28. The largest absolute Gasteiger partial charge is 1.00 e. The molecule has 0 saturated carbocycles. The van der Waals surface area contributed by atoms with E-state index in [4.69, 9.17) is 4.74 Å². The molecule has 0 amide bonds. The van der Waals surface area contributed by atoms with E-state index in [1.165, 1.54) is 15.3 Å². The minimum absolute atomic E-state index is 0. The van der Waals surface area contributed by atoms with Crippen LogP contribution in [0.5, 0.6) is 5.75 Å². The summed E-state index contributed by atoms with van der Waals surface area (Å²) in [5.74, 6) is 0.905. The van der Waals surface area contributed by atoms with Gasteiger partial charge in [-0.3, -0.25) is 0 Å². The van der Waals surface area contributed by atoms with E-state index in [9.17, 15) is 0 Å². The molecule has 4 heteroatoms. The van der Waals surface area contributed by atoms with Crippen molar-refractivity contribution in [3.63, 3.8) is 0 Å². The summed E-state index contributed by atoms with van der Waals surface area (Å²) in [5.41, 5.74) is 1.28. The van der Waals surface area contributed by atoms with Crippen molar-refractivity contribution in [2.24, 2.45) is 0 Å². The van der Waals surface area contributed by atoms with Crippen LogP contribution in [-0.4, -0.2) is 7.11 Å². The molecule has 0 aliphatic rings. The molecule has 0 saturated heterocycles. The highest BCUT2D eigenvalue weighted by Gasteiger charge is 1.97. The van der Waals surface area contributed by atoms with Gasteiger partial charge < -0.3 is 22.5 Å². The highest BCUT2D eigenvalue weighted by atomic mass is 35.5. The van der Waals surface area contributed by atoms with Crippen LogP contribution in [0.15, 0.2) is 36.4 Å². The zero-order valence-corrected chi connectivity index (χ0v) is 12.1. The van der Waals surface area contributed by atoms with Crippen molar-refractivity contribution >= 4 is 11.3 Å². The van der Waals surface area contributed by atoms with Gasteiger partial charge in [0, 0.05) is 22.8 Å². The van der Waals surface area contributed by atoms with Crippen molar-refractivity contribution in [3.8, 4) is 5.75 Å². The Labute approximate surface area is 118 Å². The van der Waals surface area contributed by atoms with Crippen molar-refractivity contribution in [1.82, 2.24) is 5.32 Å². The lowest BCUT2D eigenvalue weighted by Crippen LogP contribution is -3.00. The van der Waals surface area contributed by atoms with Crippen LogP contribution in [0.3, 0.4) is 0 Å². The fourth-order valence-corrected chi connectivity index (χ4v) is 2.51. The highest BCUT2D eigenvalue weighted by Crippen LogP contribution is 2.15. The van der Waals surface area contributed by atoms with Crippen molar-refractivity contribution in [2.75, 3.05) is 7.11 Å². The van der Waals surface area contributed by atoms with Gasteiger partial charge in [0.2, 0.25) is 0 Å². The van der Waals surface area contributed by atoms with Gasteiger partial charge in [-0.25, -0.2) is 0 Å². The summed E-state index contributed by atoms with van der Waals surface area (Å²) in [7, 11) is 1.69. The average Bonchev–Trinajstić information content (AvgIpc) is 2.76. The van der Waals surface area contributed by atoms with Crippen LogP contribution >= 0.6 is 11.3 Å². The van der Waals surface area contributed by atoms with E-state index in [0.29, 0.717) is 0 Å². The Balaban J connectivity index is 0.00000162. The summed E-state index contributed by atoms with van der Waals surface area (Å²) in [6.07, 6.45) is 0. The Morgan fingerprint density at radius 1 is 1.06 bits per heavy atom. The Bertz CT molecular complexity index is 467. The molecule has 0 bridgehead atoms. The molecule has 0 radical (unpaired) electrons. The van der Waals surface area contributed by atoms with Crippen LogP contribution in [0.25, 0.3) is 0 Å². The molecule has 18 heavy (non-hydrogen) atoms. The molecule has 1 aromatic carbocycles. The molecule has 98 valence electrons. The van der Waals surface area contributed by atoms with Crippen molar-refractivity contribution < 1.29 is 17.1 Å². The van der Waals surface area contributed by atoms with Gasteiger partial charge >= 0.3 is 0 Å². The van der Waals surface area contributed by atoms with E-state index in [2.05, 4.69) is 36.5 Å². The predicted octanol–water partition coefficient (Wildman–Crippen LogP) is 0.359. The average molecular weight is 283 g/mol. The van der Waals surface area contributed by atoms with Gasteiger partial charge in [-0.1, -0.05) is 12.1 Å². The van der Waals surface area contributed by atoms with E-state index in [1.54, 1.807) is 7.11 Å². The summed E-state index contributed by atoms with van der Waals surface area (Å²) in [6, 6.07) is 12.5. The molecule has 2 rings (SSSR count). The van der Waals surface area contributed by atoms with E-state index >= 15 is 0 Å². The first kappa shape index (κ1) is 15.0. The number of halogens is 1. The number of nitrogens with one attached hydrogen (secondary N) is 1. The number of hydrogen-bond acceptors (Lipinski definition) is 3. The lowest BCUT2D eigenvalue weighted by atomic mass is 10.2. The fourth-order valence-electron chi connectivity index (χ4n) is 1.65. The van der Waals surface area contributed by atoms with Crippen molar-refractivity contribution in [3.05, 3.63) is 51.7 Å². The Morgan fingerprint density at radius 3 is 2.33 bits per heavy atom. The molecule has 1 N–H and O–H groups in total. The Hall–Kier alpha value is -1.03. The summed E-state index contributed by atoms with van der Waals surface area (Å²) >= 11 is 1.85. The zero-order valence-electron chi connectivity index (χ0n) is 10.6. The molecule has 0 atom stereocenters. The molecule has 0 aliphatic carbocycles. The predicted molar refractivity (Wildman–Crippen MR) is 72.6 cm³/mol. The second-order valence-corrected chi connectivity index (χ2v) is 5.34. The molecular weight excluding hydrogens is 266 g/mol. The highest BCUT2D eigenvalue weighted by molar-refractivity contribution is 7.11. The molecule has 1 aromatic heterocycles. The van der Waals surface area contributed by atoms with Crippen LogP contribution in [0, 0.1) is 6.92 Å². The van der Waals surface area contributed by atoms with Gasteiger partial charge in [-0.2, -0.15) is 0 Å². The molecule has 2 nitrogen and oxygen atoms in total. The lowest BCUT2D eigenvalue weighted by molar-refractivity contribution is -0.00000379. The molecule has 1 heterocycles. The third-order valence-corrected chi connectivity index (χ3v) is 3.58. The molecular formula is C14H17ClNOS-. The first-order valence-electron chi connectivity index (χ1n) is 5.67. The van der Waals surface area contributed by atoms with E-state index in [-0.39, 0.29) is 12.4 Å². The monoisotopic (exact) mass is 282 g/mol. The minimum atomic E-state index is 0. The number of methoxy groups -OCH3 is 1. The van der Waals surface area contributed by atoms with Crippen molar-refractivity contribution in [1.29, 1.82) is 0 Å². The Kier molecular flexibility index (Phi) is 6.19. The summed E-state index contributed by atoms with van der Waals surface area (Å²) < 4.78 is 5.13. The molecule has 0 aliphatic heterocycles. The SMILES string of the molecule is COc1ccc(CNCc2ccc(C)s2)cc1.[Cl-]. The normalized spacial score (nSPS) is 9.89.